The van der Waals surface area contributed by atoms with Gasteiger partial charge in [-0.15, -0.1) is 0 Å². The Hall–Kier alpha value is -2.53. The van der Waals surface area contributed by atoms with Gasteiger partial charge >= 0.3 is 0 Å². The standard InChI is InChI=1S/C20H21ClN2O3/c1-23-18(24)11-9-15(19(23)13-6-4-3-5-7-13)20(25)22-14-8-10-17(26-2)16(21)12-14/h3-8,10,12,15,19H,9,11H2,1-2H3,(H,22,25). The molecule has 2 aromatic carbocycles. The van der Waals surface area contributed by atoms with Crippen molar-refractivity contribution < 1.29 is 14.3 Å². The van der Waals surface area contributed by atoms with Gasteiger partial charge in [-0.25, -0.2) is 0 Å². The zero-order chi connectivity index (χ0) is 18.7. The predicted molar refractivity (Wildman–Crippen MR) is 101 cm³/mol. The number of hydrogen-bond acceptors (Lipinski definition) is 3. The van der Waals surface area contributed by atoms with Crippen molar-refractivity contribution in [3.63, 3.8) is 0 Å². The van der Waals surface area contributed by atoms with Crippen LogP contribution >= 0.6 is 11.6 Å². The molecule has 1 saturated heterocycles. The molecule has 0 radical (unpaired) electrons. The van der Waals surface area contributed by atoms with E-state index in [1.54, 1.807) is 37.3 Å². The number of carbonyl (C=O) groups is 2. The van der Waals surface area contributed by atoms with Crippen LogP contribution in [0, 0.1) is 5.92 Å². The van der Waals surface area contributed by atoms with Crippen LogP contribution in [0.2, 0.25) is 5.02 Å². The van der Waals surface area contributed by atoms with E-state index in [1.165, 1.54) is 0 Å². The van der Waals surface area contributed by atoms with Gasteiger partial charge in [0, 0.05) is 19.2 Å². The second-order valence-corrected chi connectivity index (χ2v) is 6.75. The summed E-state index contributed by atoms with van der Waals surface area (Å²) < 4.78 is 5.13. The third-order valence-electron chi connectivity index (χ3n) is 4.76. The molecule has 6 heteroatoms. The molecule has 0 aliphatic carbocycles. The van der Waals surface area contributed by atoms with Gasteiger partial charge in [0.15, 0.2) is 0 Å². The first-order chi connectivity index (χ1) is 12.5. The smallest absolute Gasteiger partial charge is 0.229 e. The molecule has 2 atom stereocenters. The van der Waals surface area contributed by atoms with Gasteiger partial charge in [-0.1, -0.05) is 41.9 Å². The zero-order valence-electron chi connectivity index (χ0n) is 14.7. The van der Waals surface area contributed by atoms with Crippen molar-refractivity contribution in [2.45, 2.75) is 18.9 Å². The molecule has 2 aromatic rings. The first kappa shape index (κ1) is 18.3. The van der Waals surface area contributed by atoms with Crippen molar-refractivity contribution in [2.75, 3.05) is 19.5 Å². The van der Waals surface area contributed by atoms with E-state index in [0.717, 1.165) is 5.56 Å². The number of hydrogen-bond donors (Lipinski definition) is 1. The van der Waals surface area contributed by atoms with Crippen molar-refractivity contribution in [1.29, 1.82) is 0 Å². The molecule has 0 spiro atoms. The lowest BCUT2D eigenvalue weighted by Crippen LogP contribution is -2.44. The van der Waals surface area contributed by atoms with Gasteiger partial charge in [0.25, 0.3) is 0 Å². The first-order valence-electron chi connectivity index (χ1n) is 8.46. The van der Waals surface area contributed by atoms with Gasteiger partial charge < -0.3 is 15.0 Å². The molecule has 0 bridgehead atoms. The summed E-state index contributed by atoms with van der Waals surface area (Å²) in [5.41, 5.74) is 1.56. The lowest BCUT2D eigenvalue weighted by molar-refractivity contribution is -0.140. The monoisotopic (exact) mass is 372 g/mol. The molecule has 0 saturated carbocycles. The van der Waals surface area contributed by atoms with Crippen molar-refractivity contribution in [3.8, 4) is 5.75 Å². The second kappa shape index (κ2) is 7.79. The number of nitrogens with zero attached hydrogens (tertiary/aromatic N) is 1. The lowest BCUT2D eigenvalue weighted by atomic mass is 9.84. The Morgan fingerprint density at radius 1 is 1.23 bits per heavy atom. The Balaban J connectivity index is 1.84. The summed E-state index contributed by atoms with van der Waals surface area (Å²) >= 11 is 6.14. The molecule has 2 amide bonds. The fourth-order valence-electron chi connectivity index (χ4n) is 3.40. The van der Waals surface area contributed by atoms with Crippen molar-refractivity contribution in [2.24, 2.45) is 5.92 Å². The molecular weight excluding hydrogens is 352 g/mol. The largest absolute Gasteiger partial charge is 0.495 e. The highest BCUT2D eigenvalue weighted by atomic mass is 35.5. The number of ether oxygens (including phenoxy) is 1. The van der Waals surface area contributed by atoms with Crippen LogP contribution in [-0.4, -0.2) is 30.9 Å². The molecule has 3 rings (SSSR count). The van der Waals surface area contributed by atoms with E-state index < -0.39 is 0 Å². The summed E-state index contributed by atoms with van der Waals surface area (Å²) in [5, 5.41) is 3.35. The molecule has 1 fully saturated rings. The minimum absolute atomic E-state index is 0.0513. The van der Waals surface area contributed by atoms with Crippen molar-refractivity contribution >= 4 is 29.1 Å². The van der Waals surface area contributed by atoms with Crippen molar-refractivity contribution in [1.82, 2.24) is 4.90 Å². The average molecular weight is 373 g/mol. The van der Waals surface area contributed by atoms with Crippen LogP contribution in [0.1, 0.15) is 24.4 Å². The van der Waals surface area contributed by atoms with Crippen molar-refractivity contribution in [3.05, 3.63) is 59.1 Å². The van der Waals surface area contributed by atoms with Crippen LogP contribution in [0.5, 0.6) is 5.75 Å². The summed E-state index contributed by atoms with van der Waals surface area (Å²) in [7, 11) is 3.29. The highest BCUT2D eigenvalue weighted by molar-refractivity contribution is 6.32. The van der Waals surface area contributed by atoms with Crippen LogP contribution in [0.3, 0.4) is 0 Å². The lowest BCUT2D eigenvalue weighted by Gasteiger charge is -2.38. The minimum Gasteiger partial charge on any atom is -0.495 e. The summed E-state index contributed by atoms with van der Waals surface area (Å²) in [6.07, 6.45) is 0.875. The summed E-state index contributed by atoms with van der Waals surface area (Å²) in [6.45, 7) is 0. The van der Waals surface area contributed by atoms with E-state index in [1.807, 2.05) is 30.3 Å². The topological polar surface area (TPSA) is 58.6 Å². The van der Waals surface area contributed by atoms with Crippen LogP contribution in [-0.2, 0) is 9.59 Å². The predicted octanol–water partition coefficient (Wildman–Crippen LogP) is 3.90. The zero-order valence-corrected chi connectivity index (χ0v) is 15.5. The number of anilines is 1. The van der Waals surface area contributed by atoms with E-state index in [9.17, 15) is 9.59 Å². The van der Waals surface area contributed by atoms with E-state index >= 15 is 0 Å². The molecule has 0 aromatic heterocycles. The number of methoxy groups -OCH3 is 1. The van der Waals surface area contributed by atoms with Gasteiger partial charge in [-0.2, -0.15) is 0 Å². The molecule has 26 heavy (non-hydrogen) atoms. The maximum atomic E-state index is 12.9. The molecule has 1 heterocycles. The number of rotatable bonds is 4. The molecule has 1 N–H and O–H groups in total. The van der Waals surface area contributed by atoms with Crippen LogP contribution in [0.15, 0.2) is 48.5 Å². The molecule has 136 valence electrons. The van der Waals surface area contributed by atoms with Crippen LogP contribution in [0.4, 0.5) is 5.69 Å². The SMILES string of the molecule is COc1ccc(NC(=O)C2CCC(=O)N(C)C2c2ccccc2)cc1Cl. The maximum Gasteiger partial charge on any atom is 0.229 e. The highest BCUT2D eigenvalue weighted by Crippen LogP contribution is 2.36. The van der Waals surface area contributed by atoms with Gasteiger partial charge in [-0.3, -0.25) is 9.59 Å². The van der Waals surface area contributed by atoms with Gasteiger partial charge in [0.05, 0.1) is 24.1 Å². The third kappa shape index (κ3) is 3.68. The van der Waals surface area contributed by atoms with Gasteiger partial charge in [0.1, 0.15) is 5.75 Å². The average Bonchev–Trinajstić information content (AvgIpc) is 2.64. The van der Waals surface area contributed by atoms with E-state index in [-0.39, 0.29) is 23.8 Å². The Morgan fingerprint density at radius 3 is 2.62 bits per heavy atom. The quantitative estimate of drug-likeness (QED) is 0.885. The second-order valence-electron chi connectivity index (χ2n) is 6.34. The number of nitrogens with one attached hydrogen (secondary N) is 1. The maximum absolute atomic E-state index is 12.9. The Kier molecular flexibility index (Phi) is 5.47. The molecule has 2 unspecified atom stereocenters. The fourth-order valence-corrected chi connectivity index (χ4v) is 3.66. The van der Waals surface area contributed by atoms with E-state index in [4.69, 9.17) is 16.3 Å². The Morgan fingerprint density at radius 2 is 1.96 bits per heavy atom. The number of piperidine rings is 1. The van der Waals surface area contributed by atoms with Gasteiger partial charge in [-0.05, 0) is 30.2 Å². The highest BCUT2D eigenvalue weighted by Gasteiger charge is 2.38. The summed E-state index contributed by atoms with van der Waals surface area (Å²) in [6, 6.07) is 14.5. The Labute approximate surface area is 157 Å². The third-order valence-corrected chi connectivity index (χ3v) is 5.05. The van der Waals surface area contributed by atoms with Crippen LogP contribution in [0.25, 0.3) is 0 Å². The van der Waals surface area contributed by atoms with Gasteiger partial charge in [0.2, 0.25) is 11.8 Å². The van der Waals surface area contributed by atoms with E-state index in [2.05, 4.69) is 5.32 Å². The normalized spacial score (nSPS) is 20.0. The molecule has 5 nitrogen and oxygen atoms in total. The fraction of sp³-hybridized carbons (Fsp3) is 0.300. The number of halogens is 1. The number of benzene rings is 2. The number of carbonyl (C=O) groups excluding carboxylic acids is 2. The molecular formula is C20H21ClN2O3. The summed E-state index contributed by atoms with van der Waals surface area (Å²) in [5.74, 6) is 0.144. The van der Waals surface area contributed by atoms with Crippen LogP contribution < -0.4 is 10.1 Å². The minimum atomic E-state index is -0.332. The molecule has 1 aliphatic heterocycles. The Bertz CT molecular complexity index is 810. The molecule has 1 aliphatic rings. The summed E-state index contributed by atoms with van der Waals surface area (Å²) in [4.78, 5) is 26.8. The van der Waals surface area contributed by atoms with E-state index in [0.29, 0.717) is 29.3 Å². The number of likely N-dealkylation sites (tertiary alicyclic amines) is 1. The number of amides is 2. The first-order valence-corrected chi connectivity index (χ1v) is 8.84.